The molecule has 0 saturated carbocycles. The SMILES string of the molecule is Cl.N#Cc1ccc(-c2ccc(OC(F)(F)F)cc2)cc1. The van der Waals surface area contributed by atoms with E-state index in [9.17, 15) is 13.2 Å². The van der Waals surface area contributed by atoms with Crippen molar-refractivity contribution < 1.29 is 17.9 Å². The van der Waals surface area contributed by atoms with Gasteiger partial charge < -0.3 is 4.74 Å². The second kappa shape index (κ2) is 6.31. The molecule has 6 heteroatoms. The molecular weight excluding hydrogens is 291 g/mol. The van der Waals surface area contributed by atoms with E-state index in [4.69, 9.17) is 5.26 Å². The van der Waals surface area contributed by atoms with E-state index in [1.807, 2.05) is 6.07 Å². The number of benzene rings is 2. The van der Waals surface area contributed by atoms with Crippen LogP contribution in [0.25, 0.3) is 11.1 Å². The maximum Gasteiger partial charge on any atom is 0.573 e. The predicted octanol–water partition coefficient (Wildman–Crippen LogP) is 4.55. The van der Waals surface area contributed by atoms with E-state index in [2.05, 4.69) is 4.74 Å². The first-order chi connectivity index (χ1) is 8.98. The van der Waals surface area contributed by atoms with Gasteiger partial charge in [-0.05, 0) is 35.4 Å². The lowest BCUT2D eigenvalue weighted by Gasteiger charge is -2.09. The Bertz CT molecular complexity index is 600. The summed E-state index contributed by atoms with van der Waals surface area (Å²) in [5, 5.41) is 8.67. The number of nitriles is 1. The maximum atomic E-state index is 12.0. The molecule has 104 valence electrons. The highest BCUT2D eigenvalue weighted by Gasteiger charge is 2.30. The highest BCUT2D eigenvalue weighted by Crippen LogP contribution is 2.26. The second-order valence-electron chi connectivity index (χ2n) is 3.76. The Balaban J connectivity index is 0.00000200. The molecule has 0 spiro atoms. The number of ether oxygens (including phenoxy) is 1. The minimum Gasteiger partial charge on any atom is -0.406 e. The van der Waals surface area contributed by atoms with Crippen LogP contribution in [0.4, 0.5) is 13.2 Å². The van der Waals surface area contributed by atoms with Gasteiger partial charge in [0.1, 0.15) is 5.75 Å². The summed E-state index contributed by atoms with van der Waals surface area (Å²) in [7, 11) is 0. The summed E-state index contributed by atoms with van der Waals surface area (Å²) in [6, 6.07) is 14.3. The van der Waals surface area contributed by atoms with Crippen molar-refractivity contribution in [2.75, 3.05) is 0 Å². The van der Waals surface area contributed by atoms with Gasteiger partial charge in [0.15, 0.2) is 0 Å². The van der Waals surface area contributed by atoms with Gasteiger partial charge in [-0.1, -0.05) is 24.3 Å². The van der Waals surface area contributed by atoms with E-state index in [1.54, 1.807) is 24.3 Å². The Kier molecular flexibility index (Phi) is 5.00. The Morgan fingerprint density at radius 1 is 0.850 bits per heavy atom. The van der Waals surface area contributed by atoms with Crippen molar-refractivity contribution in [1.29, 1.82) is 5.26 Å². The van der Waals surface area contributed by atoms with Gasteiger partial charge in [-0.2, -0.15) is 5.26 Å². The predicted molar refractivity (Wildman–Crippen MR) is 70.5 cm³/mol. The van der Waals surface area contributed by atoms with Crippen molar-refractivity contribution in [3.63, 3.8) is 0 Å². The van der Waals surface area contributed by atoms with Gasteiger partial charge in [0, 0.05) is 0 Å². The van der Waals surface area contributed by atoms with Crippen molar-refractivity contribution in [1.82, 2.24) is 0 Å². The fourth-order valence-corrected chi connectivity index (χ4v) is 1.59. The number of alkyl halides is 3. The zero-order valence-corrected chi connectivity index (χ0v) is 10.8. The van der Waals surface area contributed by atoms with E-state index in [0.29, 0.717) is 5.56 Å². The van der Waals surface area contributed by atoms with Crippen LogP contribution >= 0.6 is 12.4 Å². The summed E-state index contributed by atoms with van der Waals surface area (Å²) in [6.07, 6.45) is -4.68. The molecule has 2 aromatic carbocycles. The largest absolute Gasteiger partial charge is 0.573 e. The van der Waals surface area contributed by atoms with Gasteiger partial charge in [-0.3, -0.25) is 0 Å². The van der Waals surface area contributed by atoms with Gasteiger partial charge in [0.05, 0.1) is 11.6 Å². The molecule has 0 N–H and O–H groups in total. The summed E-state index contributed by atoms with van der Waals surface area (Å²) >= 11 is 0. The lowest BCUT2D eigenvalue weighted by molar-refractivity contribution is -0.274. The van der Waals surface area contributed by atoms with Crippen LogP contribution in [0.15, 0.2) is 48.5 Å². The molecular formula is C14H9ClF3NO. The zero-order chi connectivity index (χ0) is 13.9. The summed E-state index contributed by atoms with van der Waals surface area (Å²) in [6.45, 7) is 0. The molecule has 0 saturated heterocycles. The van der Waals surface area contributed by atoms with Gasteiger partial charge in [-0.25, -0.2) is 0 Å². The lowest BCUT2D eigenvalue weighted by atomic mass is 10.0. The third-order valence-electron chi connectivity index (χ3n) is 2.44. The van der Waals surface area contributed by atoms with E-state index in [1.165, 1.54) is 24.3 Å². The van der Waals surface area contributed by atoms with Crippen LogP contribution in [0.3, 0.4) is 0 Å². The van der Waals surface area contributed by atoms with Crippen molar-refractivity contribution in [3.8, 4) is 22.9 Å². The molecule has 0 aliphatic carbocycles. The maximum absolute atomic E-state index is 12.0. The van der Waals surface area contributed by atoms with Crippen molar-refractivity contribution in [2.45, 2.75) is 6.36 Å². The average Bonchev–Trinajstić information content (AvgIpc) is 2.38. The molecule has 0 aliphatic rings. The molecule has 2 nitrogen and oxygen atoms in total. The van der Waals surface area contributed by atoms with Crippen LogP contribution in [0.1, 0.15) is 5.56 Å². The monoisotopic (exact) mass is 299 g/mol. The molecule has 0 bridgehead atoms. The fourth-order valence-electron chi connectivity index (χ4n) is 1.59. The molecule has 0 heterocycles. The number of nitrogens with zero attached hydrogens (tertiary/aromatic N) is 1. The smallest absolute Gasteiger partial charge is 0.406 e. The van der Waals surface area contributed by atoms with Crippen LogP contribution in [-0.4, -0.2) is 6.36 Å². The highest BCUT2D eigenvalue weighted by atomic mass is 35.5. The number of hydrogen-bond acceptors (Lipinski definition) is 2. The number of rotatable bonds is 2. The molecule has 0 amide bonds. The number of hydrogen-bond donors (Lipinski definition) is 0. The summed E-state index contributed by atoms with van der Waals surface area (Å²) < 4.78 is 39.8. The molecule has 0 aromatic heterocycles. The molecule has 0 atom stereocenters. The summed E-state index contributed by atoms with van der Waals surface area (Å²) in [5.41, 5.74) is 2.09. The molecule has 2 rings (SSSR count). The minimum atomic E-state index is -4.68. The Morgan fingerprint density at radius 2 is 1.30 bits per heavy atom. The highest BCUT2D eigenvalue weighted by molar-refractivity contribution is 5.85. The first kappa shape index (κ1) is 15.9. The zero-order valence-electron chi connectivity index (χ0n) is 10.0. The van der Waals surface area contributed by atoms with E-state index < -0.39 is 6.36 Å². The van der Waals surface area contributed by atoms with Crippen LogP contribution in [0.2, 0.25) is 0 Å². The molecule has 0 unspecified atom stereocenters. The van der Waals surface area contributed by atoms with Gasteiger partial charge in [0.2, 0.25) is 0 Å². The first-order valence-corrected chi connectivity index (χ1v) is 5.34. The molecule has 0 fully saturated rings. The van der Waals surface area contributed by atoms with Crippen LogP contribution in [0, 0.1) is 11.3 Å². The summed E-state index contributed by atoms with van der Waals surface area (Å²) in [5.74, 6) is -0.259. The molecule has 20 heavy (non-hydrogen) atoms. The lowest BCUT2D eigenvalue weighted by Crippen LogP contribution is -2.16. The quantitative estimate of drug-likeness (QED) is 0.815. The fraction of sp³-hybridized carbons (Fsp3) is 0.0714. The minimum absolute atomic E-state index is 0. The topological polar surface area (TPSA) is 33.0 Å². The van der Waals surface area contributed by atoms with Crippen molar-refractivity contribution in [2.24, 2.45) is 0 Å². The van der Waals surface area contributed by atoms with E-state index >= 15 is 0 Å². The second-order valence-corrected chi connectivity index (χ2v) is 3.76. The molecule has 0 aliphatic heterocycles. The standard InChI is InChI=1S/C14H8F3NO.ClH/c15-14(16,17)19-13-7-5-12(6-8-13)11-3-1-10(9-18)2-4-11;/h1-8H;1H. The summed E-state index contributed by atoms with van der Waals surface area (Å²) in [4.78, 5) is 0. The van der Waals surface area contributed by atoms with Gasteiger partial charge in [-0.15, -0.1) is 25.6 Å². The van der Waals surface area contributed by atoms with Gasteiger partial charge in [0.25, 0.3) is 0 Å². The van der Waals surface area contributed by atoms with E-state index in [-0.39, 0.29) is 18.2 Å². The molecule has 2 aromatic rings. The van der Waals surface area contributed by atoms with Crippen LogP contribution < -0.4 is 4.74 Å². The number of halogens is 4. The average molecular weight is 300 g/mol. The van der Waals surface area contributed by atoms with E-state index in [0.717, 1.165) is 11.1 Å². The Hall–Kier alpha value is -2.19. The molecule has 0 radical (unpaired) electrons. The third kappa shape index (κ3) is 4.18. The normalized spacial score (nSPS) is 10.3. The third-order valence-corrected chi connectivity index (χ3v) is 2.44. The van der Waals surface area contributed by atoms with Gasteiger partial charge >= 0.3 is 6.36 Å². The van der Waals surface area contributed by atoms with Crippen molar-refractivity contribution in [3.05, 3.63) is 54.1 Å². The first-order valence-electron chi connectivity index (χ1n) is 5.34. The van der Waals surface area contributed by atoms with Crippen LogP contribution in [-0.2, 0) is 0 Å². The van der Waals surface area contributed by atoms with Crippen molar-refractivity contribution >= 4 is 12.4 Å². The Labute approximate surface area is 119 Å². The Morgan fingerprint density at radius 3 is 1.70 bits per heavy atom. The van der Waals surface area contributed by atoms with Crippen LogP contribution in [0.5, 0.6) is 5.75 Å².